The van der Waals surface area contributed by atoms with Crippen LogP contribution in [0.5, 0.6) is 5.75 Å². The van der Waals surface area contributed by atoms with Crippen molar-refractivity contribution in [1.29, 1.82) is 0 Å². The van der Waals surface area contributed by atoms with Gasteiger partial charge in [-0.05, 0) is 0 Å². The molecule has 0 radical (unpaired) electrons. The van der Waals surface area contributed by atoms with E-state index in [1.807, 2.05) is 0 Å². The summed E-state index contributed by atoms with van der Waals surface area (Å²) in [5.74, 6) is -0.963. The van der Waals surface area contributed by atoms with E-state index in [1.165, 1.54) is 0 Å². The van der Waals surface area contributed by atoms with Gasteiger partial charge < -0.3 is 35.6 Å². The average Bonchev–Trinajstić information content (AvgIpc) is 2.68. The lowest BCUT2D eigenvalue weighted by atomic mass is 10.1. The Morgan fingerprint density at radius 1 is 1.41 bits per heavy atom. The van der Waals surface area contributed by atoms with Crippen molar-refractivity contribution < 1.29 is 38.9 Å². The molecule has 1 fully saturated rings. The number of rotatable bonds is 4. The van der Waals surface area contributed by atoms with Crippen molar-refractivity contribution in [3.63, 3.8) is 0 Å². The fourth-order valence-electron chi connectivity index (χ4n) is 1.92. The molecule has 1 aliphatic rings. The third-order valence-corrected chi connectivity index (χ3v) is 3.46. The molecule has 0 amide bonds. The number of aromatic hydroxyl groups is 1. The number of aliphatic hydroxyl groups excluding tert-OH is 2. The number of hydrogen-bond acceptors (Lipinski definition) is 9. The first-order valence-electron chi connectivity index (χ1n) is 5.89. The van der Waals surface area contributed by atoms with E-state index in [-0.39, 0.29) is 0 Å². The molecule has 0 bridgehead atoms. The lowest BCUT2D eigenvalue weighted by molar-refractivity contribution is -0.0544. The molecule has 2 rings (SSSR count). The molecule has 1 aromatic heterocycles. The van der Waals surface area contributed by atoms with Crippen LogP contribution in [0.1, 0.15) is 6.23 Å². The molecule has 1 saturated heterocycles. The lowest BCUT2D eigenvalue weighted by Crippen LogP contribution is -2.36. The number of phosphoric ester groups is 1. The van der Waals surface area contributed by atoms with Gasteiger partial charge in [-0.1, -0.05) is 0 Å². The molecule has 0 spiro atoms. The SMILES string of the molecule is Nc1nc(=O)n([C@@H]2O[C@H](COP(=O)(O)O)[C@@H](O)[C@H]2O)cc1O. The highest BCUT2D eigenvalue weighted by Gasteiger charge is 2.45. The van der Waals surface area contributed by atoms with E-state index in [0.29, 0.717) is 4.57 Å². The summed E-state index contributed by atoms with van der Waals surface area (Å²) in [7, 11) is -4.79. The van der Waals surface area contributed by atoms with Gasteiger partial charge in [0.1, 0.15) is 18.3 Å². The Bertz CT molecular complexity index is 658. The van der Waals surface area contributed by atoms with Crippen LogP contribution in [0.3, 0.4) is 0 Å². The van der Waals surface area contributed by atoms with Crippen LogP contribution in [0.2, 0.25) is 0 Å². The largest absolute Gasteiger partial charge is 0.503 e. The van der Waals surface area contributed by atoms with Crippen molar-refractivity contribution in [1.82, 2.24) is 9.55 Å². The molecule has 22 heavy (non-hydrogen) atoms. The van der Waals surface area contributed by atoms with Gasteiger partial charge in [0.2, 0.25) is 0 Å². The van der Waals surface area contributed by atoms with Crippen LogP contribution in [-0.2, 0) is 13.8 Å². The van der Waals surface area contributed by atoms with Crippen molar-refractivity contribution in [2.75, 3.05) is 12.3 Å². The first-order chi connectivity index (χ1) is 10.1. The summed E-state index contributed by atoms with van der Waals surface area (Å²) >= 11 is 0. The summed E-state index contributed by atoms with van der Waals surface area (Å²) in [6.07, 6.45) is -5.08. The first-order valence-corrected chi connectivity index (χ1v) is 7.42. The fourth-order valence-corrected chi connectivity index (χ4v) is 2.26. The molecule has 0 unspecified atom stereocenters. The van der Waals surface area contributed by atoms with Crippen LogP contribution < -0.4 is 11.4 Å². The smallest absolute Gasteiger partial charge is 0.469 e. The van der Waals surface area contributed by atoms with Crippen molar-refractivity contribution in [2.45, 2.75) is 24.5 Å². The average molecular weight is 339 g/mol. The zero-order valence-corrected chi connectivity index (χ0v) is 11.8. The van der Waals surface area contributed by atoms with E-state index < -0.39 is 56.2 Å². The monoisotopic (exact) mass is 339 g/mol. The summed E-state index contributed by atoms with van der Waals surface area (Å²) in [4.78, 5) is 32.2. The van der Waals surface area contributed by atoms with Crippen LogP contribution in [-0.4, -0.2) is 59.6 Å². The Balaban J connectivity index is 2.22. The van der Waals surface area contributed by atoms with E-state index in [2.05, 4.69) is 9.51 Å². The zero-order valence-electron chi connectivity index (χ0n) is 10.9. The fraction of sp³-hybridized carbons (Fsp3) is 0.556. The topological polar surface area (TPSA) is 198 Å². The number of nitrogen functional groups attached to an aromatic ring is 1. The summed E-state index contributed by atoms with van der Waals surface area (Å²) in [5, 5.41) is 29.1. The van der Waals surface area contributed by atoms with E-state index >= 15 is 0 Å². The zero-order chi connectivity index (χ0) is 16.7. The van der Waals surface area contributed by atoms with Gasteiger partial charge >= 0.3 is 13.5 Å². The van der Waals surface area contributed by atoms with Crippen LogP contribution in [0, 0.1) is 0 Å². The highest BCUT2D eigenvalue weighted by Crippen LogP contribution is 2.38. The van der Waals surface area contributed by atoms with Crippen molar-refractivity contribution >= 4 is 13.6 Å². The Hall–Kier alpha value is -1.53. The van der Waals surface area contributed by atoms with Crippen LogP contribution in [0.4, 0.5) is 5.82 Å². The summed E-state index contributed by atoms with van der Waals surface area (Å²) in [5.41, 5.74) is 4.28. The molecular weight excluding hydrogens is 325 g/mol. The van der Waals surface area contributed by atoms with Gasteiger partial charge in [0.15, 0.2) is 17.8 Å². The van der Waals surface area contributed by atoms with Crippen LogP contribution in [0.15, 0.2) is 11.0 Å². The normalized spacial score (nSPS) is 28.9. The Labute approximate surface area is 122 Å². The number of nitrogens with two attached hydrogens (primary N) is 1. The maximum absolute atomic E-state index is 11.7. The van der Waals surface area contributed by atoms with Gasteiger partial charge in [-0.25, -0.2) is 9.36 Å². The van der Waals surface area contributed by atoms with Crippen molar-refractivity contribution in [3.05, 3.63) is 16.7 Å². The van der Waals surface area contributed by atoms with Gasteiger partial charge in [-0.2, -0.15) is 4.98 Å². The molecule has 124 valence electrons. The maximum Gasteiger partial charge on any atom is 0.469 e. The molecule has 7 N–H and O–H groups in total. The molecular formula is C9H14N3O9P. The van der Waals surface area contributed by atoms with E-state index in [1.54, 1.807) is 0 Å². The number of nitrogens with zero attached hydrogens (tertiary/aromatic N) is 2. The lowest BCUT2D eigenvalue weighted by Gasteiger charge is -2.17. The molecule has 2 heterocycles. The second-order valence-electron chi connectivity index (χ2n) is 4.53. The summed E-state index contributed by atoms with van der Waals surface area (Å²) in [6.45, 7) is -0.720. The Morgan fingerprint density at radius 3 is 2.64 bits per heavy atom. The number of hydrogen-bond donors (Lipinski definition) is 6. The van der Waals surface area contributed by atoms with Gasteiger partial charge in [0, 0.05) is 0 Å². The molecule has 0 saturated carbocycles. The van der Waals surface area contributed by atoms with Gasteiger partial charge in [0.05, 0.1) is 12.8 Å². The maximum atomic E-state index is 11.7. The number of ether oxygens (including phenoxy) is 1. The number of aromatic nitrogens is 2. The van der Waals surface area contributed by atoms with Gasteiger partial charge in [0.25, 0.3) is 0 Å². The molecule has 0 aliphatic carbocycles. The quantitative estimate of drug-likeness (QED) is 0.311. The third kappa shape index (κ3) is 3.44. The second kappa shape index (κ2) is 5.93. The molecule has 0 aromatic carbocycles. The second-order valence-corrected chi connectivity index (χ2v) is 5.77. The molecule has 12 nitrogen and oxygen atoms in total. The predicted molar refractivity (Wildman–Crippen MR) is 68.5 cm³/mol. The highest BCUT2D eigenvalue weighted by atomic mass is 31.2. The van der Waals surface area contributed by atoms with Crippen molar-refractivity contribution in [2.24, 2.45) is 0 Å². The van der Waals surface area contributed by atoms with Gasteiger partial charge in [-0.3, -0.25) is 9.09 Å². The number of aliphatic hydroxyl groups is 2. The molecule has 1 aromatic rings. The summed E-state index contributed by atoms with van der Waals surface area (Å²) in [6, 6.07) is 0. The minimum Gasteiger partial charge on any atom is -0.503 e. The minimum atomic E-state index is -4.79. The standard InChI is InChI=1S/C9H14N3O9P/c10-7-3(13)1-12(9(16)11-7)8-6(15)5(14)4(21-8)2-20-22(17,18)19/h1,4-6,8,13-15H,2H2,(H2,10,11,16)(H2,17,18,19)/t4-,5-,6-,8-/m1/s1. The summed E-state index contributed by atoms with van der Waals surface area (Å²) < 4.78 is 20.6. The van der Waals surface area contributed by atoms with E-state index in [0.717, 1.165) is 6.20 Å². The predicted octanol–water partition coefficient (Wildman–Crippen LogP) is -2.74. The molecule has 4 atom stereocenters. The molecule has 1 aliphatic heterocycles. The Morgan fingerprint density at radius 2 is 2.05 bits per heavy atom. The minimum absolute atomic E-state index is 0.421. The number of phosphoric acid groups is 1. The first kappa shape index (κ1) is 16.8. The van der Waals surface area contributed by atoms with E-state index in [4.69, 9.17) is 20.3 Å². The molecule has 13 heteroatoms. The van der Waals surface area contributed by atoms with Gasteiger partial charge in [-0.15, -0.1) is 0 Å². The van der Waals surface area contributed by atoms with Crippen LogP contribution in [0.25, 0.3) is 0 Å². The van der Waals surface area contributed by atoms with E-state index in [9.17, 15) is 24.7 Å². The van der Waals surface area contributed by atoms with Crippen molar-refractivity contribution in [3.8, 4) is 5.75 Å². The highest BCUT2D eigenvalue weighted by molar-refractivity contribution is 7.46. The van der Waals surface area contributed by atoms with Crippen LogP contribution >= 0.6 is 7.82 Å². The number of anilines is 1. The third-order valence-electron chi connectivity index (χ3n) is 2.98. The Kier molecular flexibility index (Phi) is 4.54.